The van der Waals surface area contributed by atoms with Gasteiger partial charge in [-0.1, -0.05) is 77.7 Å². The fourth-order valence-corrected chi connectivity index (χ4v) is 6.27. The van der Waals surface area contributed by atoms with Crippen molar-refractivity contribution in [3.63, 3.8) is 0 Å². The lowest BCUT2D eigenvalue weighted by molar-refractivity contribution is 0.353. The minimum absolute atomic E-state index is 0.246. The topological polar surface area (TPSA) is 83.1 Å². The van der Waals surface area contributed by atoms with Crippen molar-refractivity contribution in [2.24, 2.45) is 0 Å². The molecule has 0 aromatic heterocycles. The molecule has 9 heteroatoms. The highest BCUT2D eigenvalue weighted by molar-refractivity contribution is 7.68. The van der Waals surface area contributed by atoms with Crippen LogP contribution < -0.4 is 23.0 Å². The molecule has 7 nitrogen and oxygen atoms in total. The molecule has 0 spiro atoms. The van der Waals surface area contributed by atoms with Gasteiger partial charge in [0.1, 0.15) is 23.0 Å². The zero-order chi connectivity index (χ0) is 23.0. The van der Waals surface area contributed by atoms with Gasteiger partial charge in [0.25, 0.3) is 0 Å². The Kier molecular flexibility index (Phi) is 7.16. The molecule has 33 heavy (non-hydrogen) atoms. The van der Waals surface area contributed by atoms with Crippen LogP contribution in [0.25, 0.3) is 0 Å². The summed E-state index contributed by atoms with van der Waals surface area (Å²) in [5.74, 6) is 0.982. The third-order valence-corrected chi connectivity index (χ3v) is 7.88. The Hall–Kier alpha value is -3.50. The average Bonchev–Trinajstić information content (AvgIpc) is 2.81. The summed E-state index contributed by atoms with van der Waals surface area (Å²) < 4.78 is 50.4. The van der Waals surface area contributed by atoms with Crippen LogP contribution in [0, 0.1) is 0 Å². The van der Waals surface area contributed by atoms with Gasteiger partial charge in [0.15, 0.2) is 0 Å². The van der Waals surface area contributed by atoms with Gasteiger partial charge in [-0.15, -0.1) is 0 Å². The van der Waals surface area contributed by atoms with Crippen molar-refractivity contribution >= 4 is 15.5 Å². The van der Waals surface area contributed by atoms with Crippen LogP contribution >= 0.6 is 15.5 Å². The minimum atomic E-state index is -4.32. The lowest BCUT2D eigenvalue weighted by atomic mass is 10.3. The van der Waals surface area contributed by atoms with Crippen molar-refractivity contribution in [1.29, 1.82) is 0 Å². The third-order valence-electron chi connectivity index (χ3n) is 4.12. The molecule has 0 atom stereocenters. The number of hydrogen-bond donors (Lipinski definition) is 1. The standard InChI is InChI=1S/C24H21NO6P2/c26-32(28-21-13-5-1-6-14-21,29-22-15-7-2-8-16-22)25-33(27,30-23-17-9-3-10-18-23)31-24-19-11-4-12-20-24/h1-20H,(H,25,26,27). The van der Waals surface area contributed by atoms with Crippen LogP contribution in [0.15, 0.2) is 121 Å². The molecule has 0 aliphatic carbocycles. The van der Waals surface area contributed by atoms with E-state index in [0.717, 1.165) is 0 Å². The second-order valence-corrected chi connectivity index (χ2v) is 10.2. The summed E-state index contributed by atoms with van der Waals surface area (Å²) in [6.45, 7) is 0. The molecule has 4 aromatic carbocycles. The molecule has 168 valence electrons. The minimum Gasteiger partial charge on any atom is -0.404 e. The van der Waals surface area contributed by atoms with Crippen LogP contribution in [0.2, 0.25) is 0 Å². The zero-order valence-corrected chi connectivity index (χ0v) is 19.2. The first-order valence-electron chi connectivity index (χ1n) is 10.0. The predicted octanol–water partition coefficient (Wildman–Crippen LogP) is 7.11. The van der Waals surface area contributed by atoms with E-state index in [1.54, 1.807) is 121 Å². The van der Waals surface area contributed by atoms with Gasteiger partial charge < -0.3 is 18.1 Å². The first kappa shape index (κ1) is 22.7. The molecule has 0 fully saturated rings. The molecule has 4 rings (SSSR count). The normalized spacial score (nSPS) is 11.4. The van der Waals surface area contributed by atoms with E-state index in [2.05, 4.69) is 4.86 Å². The van der Waals surface area contributed by atoms with E-state index >= 15 is 0 Å². The van der Waals surface area contributed by atoms with Gasteiger partial charge in [-0.25, -0.2) is 9.13 Å². The monoisotopic (exact) mass is 481 g/mol. The Labute approximate surface area is 192 Å². The van der Waals surface area contributed by atoms with E-state index in [4.69, 9.17) is 18.1 Å². The molecule has 0 heterocycles. The van der Waals surface area contributed by atoms with Crippen LogP contribution in [0.5, 0.6) is 23.0 Å². The van der Waals surface area contributed by atoms with Crippen molar-refractivity contribution < 1.29 is 27.2 Å². The van der Waals surface area contributed by atoms with E-state index in [1.807, 2.05) is 0 Å². The molecule has 0 amide bonds. The summed E-state index contributed by atoms with van der Waals surface area (Å²) in [5, 5.41) is 0. The summed E-state index contributed by atoms with van der Waals surface area (Å²) in [6.07, 6.45) is 0. The molecule has 0 saturated carbocycles. The fraction of sp³-hybridized carbons (Fsp3) is 0. The van der Waals surface area contributed by atoms with Gasteiger partial charge in [0.05, 0.1) is 0 Å². The van der Waals surface area contributed by atoms with Gasteiger partial charge in [-0.05, 0) is 48.5 Å². The Bertz CT molecular complexity index is 1050. The van der Waals surface area contributed by atoms with Crippen LogP contribution in [0.1, 0.15) is 0 Å². The zero-order valence-electron chi connectivity index (χ0n) is 17.4. The largest absolute Gasteiger partial charge is 0.524 e. The number of rotatable bonds is 10. The first-order valence-corrected chi connectivity index (χ1v) is 13.1. The predicted molar refractivity (Wildman–Crippen MR) is 127 cm³/mol. The molecular weight excluding hydrogens is 460 g/mol. The molecule has 0 bridgehead atoms. The van der Waals surface area contributed by atoms with Crippen molar-refractivity contribution in [3.05, 3.63) is 121 Å². The van der Waals surface area contributed by atoms with E-state index < -0.39 is 15.5 Å². The van der Waals surface area contributed by atoms with Crippen molar-refractivity contribution in [2.75, 3.05) is 0 Å². The summed E-state index contributed by atoms with van der Waals surface area (Å²) >= 11 is 0. The van der Waals surface area contributed by atoms with Gasteiger partial charge in [0, 0.05) is 0 Å². The third kappa shape index (κ3) is 6.74. The maximum atomic E-state index is 13.9. The SMILES string of the molecule is O=P(NP(=O)(Oc1ccccc1)Oc1ccccc1)(Oc1ccccc1)Oc1ccccc1. The van der Waals surface area contributed by atoms with Crippen molar-refractivity contribution in [1.82, 2.24) is 4.86 Å². The second kappa shape index (κ2) is 10.4. The molecule has 0 aliphatic heterocycles. The molecule has 4 aromatic rings. The van der Waals surface area contributed by atoms with Gasteiger partial charge in [-0.3, -0.25) is 0 Å². The maximum absolute atomic E-state index is 13.9. The quantitative estimate of drug-likeness (QED) is 0.242. The molecule has 1 N–H and O–H groups in total. The molecular formula is C24H21NO6P2. The molecule has 0 aliphatic rings. The van der Waals surface area contributed by atoms with Crippen molar-refractivity contribution in [3.8, 4) is 23.0 Å². The van der Waals surface area contributed by atoms with Crippen LogP contribution in [-0.4, -0.2) is 0 Å². The van der Waals surface area contributed by atoms with Crippen LogP contribution in [-0.2, 0) is 9.13 Å². The van der Waals surface area contributed by atoms with Crippen LogP contribution in [0.4, 0.5) is 0 Å². The fourth-order valence-electron chi connectivity index (χ4n) is 2.75. The van der Waals surface area contributed by atoms with Crippen molar-refractivity contribution in [2.45, 2.75) is 0 Å². The second-order valence-electron chi connectivity index (χ2n) is 6.71. The highest BCUT2D eigenvalue weighted by Crippen LogP contribution is 2.57. The van der Waals surface area contributed by atoms with E-state index in [1.165, 1.54) is 0 Å². The lowest BCUT2D eigenvalue weighted by Crippen LogP contribution is -2.22. The summed E-state index contributed by atoms with van der Waals surface area (Å²) in [5.41, 5.74) is 0. The Morgan fingerprint density at radius 3 is 0.818 bits per heavy atom. The van der Waals surface area contributed by atoms with E-state index in [9.17, 15) is 9.13 Å². The summed E-state index contributed by atoms with van der Waals surface area (Å²) in [4.78, 5) is 2.42. The molecule has 0 radical (unpaired) electrons. The van der Waals surface area contributed by atoms with Gasteiger partial charge in [-0.2, -0.15) is 0 Å². The average molecular weight is 481 g/mol. The molecule has 0 saturated heterocycles. The first-order chi connectivity index (χ1) is 16.0. The highest BCUT2D eigenvalue weighted by Gasteiger charge is 2.43. The van der Waals surface area contributed by atoms with Gasteiger partial charge in [0.2, 0.25) is 0 Å². The lowest BCUT2D eigenvalue weighted by Gasteiger charge is -2.25. The van der Waals surface area contributed by atoms with E-state index in [-0.39, 0.29) is 23.0 Å². The number of nitrogens with one attached hydrogen (secondary N) is 1. The van der Waals surface area contributed by atoms with E-state index in [0.29, 0.717) is 0 Å². The number of benzene rings is 4. The Morgan fingerprint density at radius 1 is 0.394 bits per heavy atom. The summed E-state index contributed by atoms with van der Waals surface area (Å²) in [6, 6.07) is 33.6. The van der Waals surface area contributed by atoms with Crippen LogP contribution in [0.3, 0.4) is 0 Å². The highest BCUT2D eigenvalue weighted by atomic mass is 31.3. The molecule has 0 unspecified atom stereocenters. The number of hydrogen-bond acceptors (Lipinski definition) is 6. The van der Waals surface area contributed by atoms with Gasteiger partial charge >= 0.3 is 15.5 Å². The number of para-hydroxylation sites is 4. The smallest absolute Gasteiger partial charge is 0.404 e. The Morgan fingerprint density at radius 2 is 0.606 bits per heavy atom. The summed E-state index contributed by atoms with van der Waals surface area (Å²) in [7, 11) is -8.64. The Balaban J connectivity index is 1.69. The maximum Gasteiger partial charge on any atom is 0.524 e.